The molecule has 0 amide bonds. The Balaban J connectivity index is 2.58. The first kappa shape index (κ1) is 13.2. The minimum Gasteiger partial charge on any atom is -0.476 e. The molecule has 0 aliphatic carbocycles. The molecule has 0 saturated heterocycles. The van der Waals surface area contributed by atoms with Crippen molar-refractivity contribution in [1.82, 2.24) is 24.5 Å². The molecule has 19 heavy (non-hydrogen) atoms. The van der Waals surface area contributed by atoms with Crippen LogP contribution < -0.4 is 0 Å². The number of hydrogen-bond acceptors (Lipinski definition) is 5. The molecule has 0 saturated carbocycles. The first-order chi connectivity index (χ1) is 9.06. The van der Waals surface area contributed by atoms with Crippen molar-refractivity contribution in [2.75, 3.05) is 13.7 Å². The number of aromatic nitrogens is 5. The van der Waals surface area contributed by atoms with Gasteiger partial charge in [-0.3, -0.25) is 0 Å². The van der Waals surface area contributed by atoms with Gasteiger partial charge in [0, 0.05) is 26.6 Å². The Labute approximate surface area is 109 Å². The SMILES string of the molecule is COCC(C)n1nnc(C(=O)O)c1-c1nccn1C. The van der Waals surface area contributed by atoms with Crippen molar-refractivity contribution in [2.45, 2.75) is 13.0 Å². The van der Waals surface area contributed by atoms with Crippen LogP contribution in [-0.2, 0) is 11.8 Å². The lowest BCUT2D eigenvalue weighted by molar-refractivity contribution is 0.0691. The maximum absolute atomic E-state index is 11.2. The van der Waals surface area contributed by atoms with E-state index >= 15 is 0 Å². The summed E-state index contributed by atoms with van der Waals surface area (Å²) in [6, 6.07) is -0.141. The quantitative estimate of drug-likeness (QED) is 0.849. The molecule has 0 aromatic carbocycles. The van der Waals surface area contributed by atoms with Crippen LogP contribution in [0.4, 0.5) is 0 Å². The van der Waals surface area contributed by atoms with Crippen LogP contribution in [-0.4, -0.2) is 49.3 Å². The van der Waals surface area contributed by atoms with Crippen molar-refractivity contribution in [2.24, 2.45) is 7.05 Å². The highest BCUT2D eigenvalue weighted by atomic mass is 16.5. The van der Waals surface area contributed by atoms with Gasteiger partial charge in [0.1, 0.15) is 5.69 Å². The Morgan fingerprint density at radius 2 is 2.32 bits per heavy atom. The number of imidazole rings is 1. The van der Waals surface area contributed by atoms with Gasteiger partial charge in [-0.2, -0.15) is 0 Å². The van der Waals surface area contributed by atoms with Gasteiger partial charge in [-0.05, 0) is 6.92 Å². The lowest BCUT2D eigenvalue weighted by Crippen LogP contribution is -2.15. The molecule has 2 rings (SSSR count). The van der Waals surface area contributed by atoms with Crippen molar-refractivity contribution in [1.29, 1.82) is 0 Å². The maximum atomic E-state index is 11.2. The summed E-state index contributed by atoms with van der Waals surface area (Å²) in [5, 5.41) is 16.8. The highest BCUT2D eigenvalue weighted by Gasteiger charge is 2.25. The summed E-state index contributed by atoms with van der Waals surface area (Å²) in [6.07, 6.45) is 3.33. The van der Waals surface area contributed by atoms with E-state index in [0.717, 1.165) is 0 Å². The van der Waals surface area contributed by atoms with E-state index in [1.165, 1.54) is 4.68 Å². The van der Waals surface area contributed by atoms with Gasteiger partial charge in [0.2, 0.25) is 5.69 Å². The minimum absolute atomic E-state index is 0.114. The molecule has 1 unspecified atom stereocenters. The Kier molecular flexibility index (Phi) is 3.61. The zero-order valence-electron chi connectivity index (χ0n) is 10.9. The number of carboxylic acid groups (broad SMARTS) is 1. The first-order valence-corrected chi connectivity index (χ1v) is 5.71. The number of aryl methyl sites for hydroxylation is 1. The van der Waals surface area contributed by atoms with Crippen LogP contribution in [0, 0.1) is 0 Å². The summed E-state index contributed by atoms with van der Waals surface area (Å²) >= 11 is 0. The predicted octanol–water partition coefficient (Wildman–Crippen LogP) is 0.584. The monoisotopic (exact) mass is 265 g/mol. The molecule has 1 N–H and O–H groups in total. The highest BCUT2D eigenvalue weighted by molar-refractivity contribution is 5.91. The van der Waals surface area contributed by atoms with Gasteiger partial charge in [-0.15, -0.1) is 5.10 Å². The van der Waals surface area contributed by atoms with Gasteiger partial charge in [0.05, 0.1) is 12.6 Å². The fourth-order valence-corrected chi connectivity index (χ4v) is 1.86. The minimum atomic E-state index is -1.13. The summed E-state index contributed by atoms with van der Waals surface area (Å²) in [6.45, 7) is 2.27. The fourth-order valence-electron chi connectivity index (χ4n) is 1.86. The Morgan fingerprint density at radius 1 is 1.58 bits per heavy atom. The first-order valence-electron chi connectivity index (χ1n) is 5.71. The molecule has 102 valence electrons. The van der Waals surface area contributed by atoms with E-state index in [1.54, 1.807) is 31.1 Å². The second-order valence-electron chi connectivity index (χ2n) is 4.20. The van der Waals surface area contributed by atoms with E-state index in [9.17, 15) is 9.90 Å². The Bertz CT molecular complexity index is 589. The Morgan fingerprint density at radius 3 is 2.84 bits per heavy atom. The number of hydrogen-bond donors (Lipinski definition) is 1. The van der Waals surface area contributed by atoms with Gasteiger partial charge < -0.3 is 14.4 Å². The Hall–Kier alpha value is -2.22. The van der Waals surface area contributed by atoms with E-state index < -0.39 is 5.97 Å². The molecule has 0 aliphatic heterocycles. The van der Waals surface area contributed by atoms with Gasteiger partial charge in [-0.1, -0.05) is 5.21 Å². The van der Waals surface area contributed by atoms with Crippen LogP contribution in [0.25, 0.3) is 11.5 Å². The van der Waals surface area contributed by atoms with Crippen molar-refractivity contribution in [3.8, 4) is 11.5 Å². The van der Waals surface area contributed by atoms with Gasteiger partial charge in [-0.25, -0.2) is 14.5 Å². The van der Waals surface area contributed by atoms with Crippen LogP contribution in [0.2, 0.25) is 0 Å². The zero-order valence-corrected chi connectivity index (χ0v) is 10.9. The summed E-state index contributed by atoms with van der Waals surface area (Å²) in [4.78, 5) is 15.4. The molecular weight excluding hydrogens is 250 g/mol. The smallest absolute Gasteiger partial charge is 0.358 e. The van der Waals surface area contributed by atoms with E-state index in [2.05, 4.69) is 15.3 Å². The summed E-state index contributed by atoms with van der Waals surface area (Å²) in [5.74, 6) is -0.626. The average Bonchev–Trinajstić information content (AvgIpc) is 2.94. The van der Waals surface area contributed by atoms with E-state index in [0.29, 0.717) is 18.1 Å². The number of aromatic carboxylic acids is 1. The predicted molar refractivity (Wildman–Crippen MR) is 65.8 cm³/mol. The molecule has 0 spiro atoms. The van der Waals surface area contributed by atoms with E-state index in [4.69, 9.17) is 4.74 Å². The van der Waals surface area contributed by atoms with E-state index in [1.807, 2.05) is 6.92 Å². The lowest BCUT2D eigenvalue weighted by Gasteiger charge is -2.13. The molecule has 2 aromatic heterocycles. The average molecular weight is 265 g/mol. The molecule has 8 nitrogen and oxygen atoms in total. The second kappa shape index (κ2) is 5.19. The zero-order chi connectivity index (χ0) is 14.0. The van der Waals surface area contributed by atoms with Crippen LogP contribution in [0.15, 0.2) is 12.4 Å². The van der Waals surface area contributed by atoms with Crippen LogP contribution >= 0.6 is 0 Å². The van der Waals surface area contributed by atoms with Gasteiger partial charge >= 0.3 is 5.97 Å². The summed E-state index contributed by atoms with van der Waals surface area (Å²) in [7, 11) is 3.36. The number of carboxylic acids is 1. The van der Waals surface area contributed by atoms with Crippen molar-refractivity contribution >= 4 is 5.97 Å². The molecule has 2 heterocycles. The molecule has 0 radical (unpaired) electrons. The molecule has 0 bridgehead atoms. The molecule has 0 fully saturated rings. The molecule has 0 aliphatic rings. The van der Waals surface area contributed by atoms with Crippen LogP contribution in [0.5, 0.6) is 0 Å². The van der Waals surface area contributed by atoms with Gasteiger partial charge in [0.15, 0.2) is 5.82 Å². The number of rotatable bonds is 5. The molecular formula is C11H15N5O3. The molecule has 8 heteroatoms. The van der Waals surface area contributed by atoms with E-state index in [-0.39, 0.29) is 11.7 Å². The number of nitrogens with zero attached hydrogens (tertiary/aromatic N) is 5. The third-order valence-corrected chi connectivity index (χ3v) is 2.76. The van der Waals surface area contributed by atoms with Crippen molar-refractivity contribution in [3.05, 3.63) is 18.1 Å². The number of ether oxygens (including phenoxy) is 1. The van der Waals surface area contributed by atoms with Crippen LogP contribution in [0.3, 0.4) is 0 Å². The number of carbonyl (C=O) groups is 1. The van der Waals surface area contributed by atoms with Crippen molar-refractivity contribution in [3.63, 3.8) is 0 Å². The normalized spacial score (nSPS) is 12.6. The molecule has 1 atom stereocenters. The third kappa shape index (κ3) is 2.34. The maximum Gasteiger partial charge on any atom is 0.358 e. The lowest BCUT2D eigenvalue weighted by atomic mass is 10.2. The third-order valence-electron chi connectivity index (χ3n) is 2.76. The van der Waals surface area contributed by atoms with Crippen molar-refractivity contribution < 1.29 is 14.6 Å². The van der Waals surface area contributed by atoms with Gasteiger partial charge in [0.25, 0.3) is 0 Å². The summed E-state index contributed by atoms with van der Waals surface area (Å²) < 4.78 is 8.31. The second-order valence-corrected chi connectivity index (χ2v) is 4.20. The topological polar surface area (TPSA) is 95.1 Å². The standard InChI is InChI=1S/C11H15N5O3/c1-7(6-19-3)16-9(8(11(17)18)13-14-16)10-12-4-5-15(10)2/h4-5,7H,6H2,1-3H3,(H,17,18). The largest absolute Gasteiger partial charge is 0.476 e. The van der Waals surface area contributed by atoms with Crippen LogP contribution in [0.1, 0.15) is 23.5 Å². The number of methoxy groups -OCH3 is 1. The molecule has 2 aromatic rings. The summed E-state index contributed by atoms with van der Waals surface area (Å²) in [5.41, 5.74) is 0.266. The highest BCUT2D eigenvalue weighted by Crippen LogP contribution is 2.23. The fraction of sp³-hybridized carbons (Fsp3) is 0.455.